The van der Waals surface area contributed by atoms with Crippen molar-refractivity contribution in [2.24, 2.45) is 0 Å². The van der Waals surface area contributed by atoms with E-state index in [2.05, 4.69) is 0 Å². The van der Waals surface area contributed by atoms with E-state index in [0.717, 1.165) is 35.8 Å². The molecule has 1 fully saturated rings. The third-order valence-corrected chi connectivity index (χ3v) is 5.51. The molecule has 0 radical (unpaired) electrons. The first-order valence-electron chi connectivity index (χ1n) is 7.32. The molecule has 1 saturated carbocycles. The smallest absolute Gasteiger partial charge is 0.266 e. The predicted octanol–water partition coefficient (Wildman–Crippen LogP) is 2.86. The minimum atomic E-state index is -0.427. The second-order valence-electron chi connectivity index (χ2n) is 5.68. The van der Waals surface area contributed by atoms with Crippen molar-refractivity contribution in [2.75, 3.05) is 12.8 Å². The van der Waals surface area contributed by atoms with Gasteiger partial charge in [0.2, 0.25) is 0 Å². The lowest BCUT2D eigenvalue weighted by molar-refractivity contribution is 0.0271. The summed E-state index contributed by atoms with van der Waals surface area (Å²) in [6, 6.07) is 7.68. The molecule has 1 heterocycles. The first-order valence-corrected chi connectivity index (χ1v) is 8.13. The maximum atomic E-state index is 12.7. The highest BCUT2D eigenvalue weighted by atomic mass is 32.1. The Morgan fingerprint density at radius 2 is 2.05 bits per heavy atom. The van der Waals surface area contributed by atoms with E-state index in [0.29, 0.717) is 10.6 Å². The van der Waals surface area contributed by atoms with Gasteiger partial charge in [-0.15, -0.1) is 11.3 Å². The van der Waals surface area contributed by atoms with Crippen LogP contribution >= 0.6 is 11.3 Å². The molecule has 0 aliphatic heterocycles. The summed E-state index contributed by atoms with van der Waals surface area (Å²) in [6.45, 7) is 0. The molecule has 3 rings (SSSR count). The van der Waals surface area contributed by atoms with Crippen LogP contribution < -0.4 is 5.73 Å². The normalized spacial score (nSPS) is 22.4. The first-order chi connectivity index (χ1) is 10.1. The predicted molar refractivity (Wildman–Crippen MR) is 86.6 cm³/mol. The Kier molecular flexibility index (Phi) is 3.87. The molecule has 5 heteroatoms. The highest BCUT2D eigenvalue weighted by molar-refractivity contribution is 7.21. The van der Waals surface area contributed by atoms with Crippen LogP contribution in [0.4, 0.5) is 5.69 Å². The monoisotopic (exact) mass is 304 g/mol. The standard InChI is InChI=1S/C16H20N2O2S/c1-18(11-7-3-4-8-12(11)19)16(20)15-14(17)10-6-2-5-9-13(10)21-15/h2,5-6,9,11-12,19H,3-4,7-8,17H2,1H3. The molecule has 3 N–H and O–H groups in total. The second kappa shape index (κ2) is 5.66. The maximum Gasteiger partial charge on any atom is 0.266 e. The number of rotatable bonds is 2. The van der Waals surface area contributed by atoms with Crippen LogP contribution in [0.5, 0.6) is 0 Å². The molecule has 4 nitrogen and oxygen atoms in total. The van der Waals surface area contributed by atoms with Crippen molar-refractivity contribution in [3.63, 3.8) is 0 Å². The van der Waals surface area contributed by atoms with Crippen LogP contribution in [-0.4, -0.2) is 35.1 Å². The van der Waals surface area contributed by atoms with Crippen LogP contribution in [0.1, 0.15) is 35.4 Å². The zero-order valence-corrected chi connectivity index (χ0v) is 12.9. The number of hydrogen-bond donors (Lipinski definition) is 2. The lowest BCUT2D eigenvalue weighted by Gasteiger charge is -2.35. The third-order valence-electron chi connectivity index (χ3n) is 4.34. The summed E-state index contributed by atoms with van der Waals surface area (Å²) in [5, 5.41) is 11.1. The lowest BCUT2D eigenvalue weighted by Crippen LogP contribution is -2.46. The fourth-order valence-corrected chi connectivity index (χ4v) is 4.18. The fourth-order valence-electron chi connectivity index (χ4n) is 3.08. The zero-order chi connectivity index (χ0) is 15.0. The number of aliphatic hydroxyl groups excluding tert-OH is 1. The quantitative estimate of drug-likeness (QED) is 0.896. The van der Waals surface area contributed by atoms with Gasteiger partial charge < -0.3 is 15.7 Å². The minimum absolute atomic E-state index is 0.0837. The zero-order valence-electron chi connectivity index (χ0n) is 12.1. The van der Waals surface area contributed by atoms with Crippen molar-refractivity contribution >= 4 is 33.0 Å². The van der Waals surface area contributed by atoms with E-state index in [1.807, 2.05) is 24.3 Å². The summed E-state index contributed by atoms with van der Waals surface area (Å²) in [5.74, 6) is -0.0837. The van der Waals surface area contributed by atoms with Gasteiger partial charge >= 0.3 is 0 Å². The van der Waals surface area contributed by atoms with Gasteiger partial charge in [0, 0.05) is 17.1 Å². The number of fused-ring (bicyclic) bond motifs is 1. The molecule has 1 amide bonds. The number of thiophene rings is 1. The Morgan fingerprint density at radius 1 is 1.33 bits per heavy atom. The summed E-state index contributed by atoms with van der Waals surface area (Å²) in [7, 11) is 1.77. The summed E-state index contributed by atoms with van der Waals surface area (Å²) < 4.78 is 1.02. The Labute approximate surface area is 128 Å². The Balaban J connectivity index is 1.91. The number of nitrogens with two attached hydrogens (primary N) is 1. The van der Waals surface area contributed by atoms with Crippen molar-refractivity contribution in [2.45, 2.75) is 37.8 Å². The number of carbonyl (C=O) groups excluding carboxylic acids is 1. The molecule has 1 aliphatic rings. The maximum absolute atomic E-state index is 12.7. The van der Waals surface area contributed by atoms with Gasteiger partial charge in [0.15, 0.2) is 0 Å². The van der Waals surface area contributed by atoms with Gasteiger partial charge in [0.25, 0.3) is 5.91 Å². The molecule has 2 unspecified atom stereocenters. The number of aliphatic hydroxyl groups is 1. The van der Waals surface area contributed by atoms with Gasteiger partial charge in [-0.3, -0.25) is 4.79 Å². The summed E-state index contributed by atoms with van der Waals surface area (Å²) in [6.07, 6.45) is 3.29. The number of anilines is 1. The molecule has 0 saturated heterocycles. The van der Waals surface area contributed by atoms with Crippen LogP contribution in [0, 0.1) is 0 Å². The molecule has 21 heavy (non-hydrogen) atoms. The van der Waals surface area contributed by atoms with Crippen molar-refractivity contribution in [3.8, 4) is 0 Å². The van der Waals surface area contributed by atoms with Crippen LogP contribution in [0.3, 0.4) is 0 Å². The highest BCUT2D eigenvalue weighted by Gasteiger charge is 2.31. The Morgan fingerprint density at radius 3 is 2.76 bits per heavy atom. The fraction of sp³-hybridized carbons (Fsp3) is 0.438. The molecule has 0 spiro atoms. The molecular formula is C16H20N2O2S. The first kappa shape index (κ1) is 14.4. The molecular weight excluding hydrogens is 284 g/mol. The number of hydrogen-bond acceptors (Lipinski definition) is 4. The Bertz CT molecular complexity index is 667. The molecule has 2 aromatic rings. The van der Waals surface area contributed by atoms with E-state index in [4.69, 9.17) is 5.73 Å². The van der Waals surface area contributed by atoms with Gasteiger partial charge in [-0.25, -0.2) is 0 Å². The topological polar surface area (TPSA) is 66.6 Å². The second-order valence-corrected chi connectivity index (χ2v) is 6.73. The molecule has 112 valence electrons. The number of carbonyl (C=O) groups is 1. The summed E-state index contributed by atoms with van der Waals surface area (Å²) in [5.41, 5.74) is 6.70. The minimum Gasteiger partial charge on any atom is -0.397 e. The molecule has 1 aromatic heterocycles. The molecule has 1 aliphatic carbocycles. The van der Waals surface area contributed by atoms with Crippen molar-refractivity contribution < 1.29 is 9.90 Å². The lowest BCUT2D eigenvalue weighted by atomic mass is 9.91. The summed E-state index contributed by atoms with van der Waals surface area (Å²) >= 11 is 1.43. The largest absolute Gasteiger partial charge is 0.397 e. The molecule has 1 aromatic carbocycles. The average molecular weight is 304 g/mol. The van der Waals surface area contributed by atoms with Crippen molar-refractivity contribution in [1.29, 1.82) is 0 Å². The SMILES string of the molecule is CN(C(=O)c1sc2ccccc2c1N)C1CCCCC1O. The van der Waals surface area contributed by atoms with E-state index in [1.54, 1.807) is 11.9 Å². The van der Waals surface area contributed by atoms with E-state index in [9.17, 15) is 9.90 Å². The van der Waals surface area contributed by atoms with Gasteiger partial charge in [0.1, 0.15) is 4.88 Å². The van der Waals surface area contributed by atoms with E-state index < -0.39 is 6.10 Å². The van der Waals surface area contributed by atoms with Crippen molar-refractivity contribution in [1.82, 2.24) is 4.90 Å². The number of amides is 1. The van der Waals surface area contributed by atoms with Gasteiger partial charge in [-0.1, -0.05) is 31.0 Å². The Hall–Kier alpha value is -1.59. The number of likely N-dealkylation sites (N-methyl/N-ethyl adjacent to an activating group) is 1. The highest BCUT2D eigenvalue weighted by Crippen LogP contribution is 2.35. The number of nitrogens with zero attached hydrogens (tertiary/aromatic N) is 1. The molecule has 2 atom stereocenters. The van der Waals surface area contributed by atoms with Crippen LogP contribution in [-0.2, 0) is 0 Å². The average Bonchev–Trinajstić information content (AvgIpc) is 2.84. The number of nitrogen functional groups attached to an aromatic ring is 1. The van der Waals surface area contributed by atoms with Crippen LogP contribution in [0.25, 0.3) is 10.1 Å². The van der Waals surface area contributed by atoms with Gasteiger partial charge in [0.05, 0.1) is 17.8 Å². The molecule has 0 bridgehead atoms. The summed E-state index contributed by atoms with van der Waals surface area (Å²) in [4.78, 5) is 15.0. The van der Waals surface area contributed by atoms with Gasteiger partial charge in [-0.2, -0.15) is 0 Å². The van der Waals surface area contributed by atoms with Gasteiger partial charge in [-0.05, 0) is 18.9 Å². The van der Waals surface area contributed by atoms with Crippen LogP contribution in [0.2, 0.25) is 0 Å². The van der Waals surface area contributed by atoms with E-state index in [1.165, 1.54) is 11.3 Å². The van der Waals surface area contributed by atoms with Crippen molar-refractivity contribution in [3.05, 3.63) is 29.1 Å². The van der Waals surface area contributed by atoms with Crippen LogP contribution in [0.15, 0.2) is 24.3 Å². The number of benzene rings is 1. The third kappa shape index (κ3) is 2.51. The van der Waals surface area contributed by atoms with E-state index >= 15 is 0 Å². The van der Waals surface area contributed by atoms with E-state index in [-0.39, 0.29) is 11.9 Å².